The van der Waals surface area contributed by atoms with Gasteiger partial charge in [0, 0.05) is 18.0 Å². The third-order valence-electron chi connectivity index (χ3n) is 3.83. The monoisotopic (exact) mass is 193 g/mol. The zero-order chi connectivity index (χ0) is 9.54. The summed E-state index contributed by atoms with van der Waals surface area (Å²) in [4.78, 5) is 2.52. The van der Waals surface area contributed by atoms with E-state index in [1.54, 1.807) is 0 Å². The summed E-state index contributed by atoms with van der Waals surface area (Å²) in [7, 11) is 2.24. The maximum atomic E-state index is 4.10. The second kappa shape index (κ2) is 3.02. The second-order valence-electron chi connectivity index (χ2n) is 4.49. The van der Waals surface area contributed by atoms with E-state index in [0.29, 0.717) is 5.92 Å². The molecule has 5 heteroatoms. The van der Waals surface area contributed by atoms with Crippen LogP contribution in [0.4, 0.5) is 0 Å². The highest BCUT2D eigenvalue weighted by Gasteiger charge is 2.40. The molecule has 2 atom stereocenters. The van der Waals surface area contributed by atoms with Crippen LogP contribution in [0.2, 0.25) is 0 Å². The fraction of sp³-hybridized carbons (Fsp3) is 0.889. The number of nitrogens with zero attached hydrogens (tertiary/aromatic N) is 4. The van der Waals surface area contributed by atoms with E-state index in [4.69, 9.17) is 0 Å². The summed E-state index contributed by atoms with van der Waals surface area (Å²) in [6.07, 6.45) is 5.09. The molecule has 1 aromatic heterocycles. The van der Waals surface area contributed by atoms with Gasteiger partial charge in [0.25, 0.3) is 0 Å². The van der Waals surface area contributed by atoms with Crippen LogP contribution in [0.3, 0.4) is 0 Å². The van der Waals surface area contributed by atoms with Crippen LogP contribution in [0.25, 0.3) is 0 Å². The molecular formula is C9H15N5. The Bertz CT molecular complexity index is 295. The normalized spacial score (nSPS) is 37.6. The van der Waals surface area contributed by atoms with Gasteiger partial charge in [-0.2, -0.15) is 5.21 Å². The molecule has 1 aromatic rings. The van der Waals surface area contributed by atoms with Crippen molar-refractivity contribution in [3.8, 4) is 0 Å². The first-order valence-corrected chi connectivity index (χ1v) is 5.30. The van der Waals surface area contributed by atoms with Gasteiger partial charge in [-0.05, 0) is 32.7 Å². The van der Waals surface area contributed by atoms with Crippen LogP contribution >= 0.6 is 0 Å². The number of nitrogens with one attached hydrogen (secondary N) is 1. The number of rotatable bonds is 1. The molecule has 76 valence electrons. The number of H-pyrrole nitrogens is 1. The van der Waals surface area contributed by atoms with Gasteiger partial charge >= 0.3 is 0 Å². The van der Waals surface area contributed by atoms with E-state index in [1.807, 2.05) is 0 Å². The third-order valence-corrected chi connectivity index (χ3v) is 3.83. The van der Waals surface area contributed by atoms with Crippen LogP contribution < -0.4 is 0 Å². The lowest BCUT2D eigenvalue weighted by atomic mass is 9.91. The number of tetrazole rings is 1. The topological polar surface area (TPSA) is 57.7 Å². The minimum atomic E-state index is 0.530. The van der Waals surface area contributed by atoms with Crippen molar-refractivity contribution in [1.82, 2.24) is 25.5 Å². The van der Waals surface area contributed by atoms with E-state index >= 15 is 0 Å². The molecule has 2 fully saturated rings. The third kappa shape index (κ3) is 1.15. The Hall–Kier alpha value is -0.970. The van der Waals surface area contributed by atoms with Crippen molar-refractivity contribution in [3.05, 3.63) is 5.82 Å². The molecule has 1 N–H and O–H groups in total. The Labute approximate surface area is 82.9 Å². The summed E-state index contributed by atoms with van der Waals surface area (Å²) in [5.74, 6) is 1.44. The molecule has 0 amide bonds. The molecule has 0 saturated carbocycles. The average Bonchev–Trinajstić information content (AvgIpc) is 2.75. The summed E-state index contributed by atoms with van der Waals surface area (Å²) in [5, 5.41) is 14.4. The van der Waals surface area contributed by atoms with Crippen molar-refractivity contribution in [2.75, 3.05) is 7.05 Å². The van der Waals surface area contributed by atoms with E-state index in [0.717, 1.165) is 17.9 Å². The Morgan fingerprint density at radius 2 is 2.00 bits per heavy atom. The Morgan fingerprint density at radius 1 is 1.29 bits per heavy atom. The molecule has 0 aromatic carbocycles. The molecule has 14 heavy (non-hydrogen) atoms. The second-order valence-corrected chi connectivity index (χ2v) is 4.49. The largest absolute Gasteiger partial charge is 0.300 e. The summed E-state index contributed by atoms with van der Waals surface area (Å²) in [5.41, 5.74) is 0. The highest BCUT2D eigenvalue weighted by molar-refractivity contribution is 5.03. The fourth-order valence-electron chi connectivity index (χ4n) is 2.96. The first-order valence-electron chi connectivity index (χ1n) is 5.30. The lowest BCUT2D eigenvalue weighted by Crippen LogP contribution is -2.39. The number of fused-ring (bicyclic) bond motifs is 2. The lowest BCUT2D eigenvalue weighted by Gasteiger charge is -2.34. The van der Waals surface area contributed by atoms with Gasteiger partial charge in [0.1, 0.15) is 0 Å². The molecule has 2 aliphatic heterocycles. The van der Waals surface area contributed by atoms with Crippen LogP contribution in [0.15, 0.2) is 0 Å². The molecule has 0 aliphatic carbocycles. The van der Waals surface area contributed by atoms with Crippen molar-refractivity contribution in [1.29, 1.82) is 0 Å². The van der Waals surface area contributed by atoms with Gasteiger partial charge in [-0.25, -0.2) is 0 Å². The summed E-state index contributed by atoms with van der Waals surface area (Å²) >= 11 is 0. The molecule has 2 bridgehead atoms. The van der Waals surface area contributed by atoms with E-state index < -0.39 is 0 Å². The first-order chi connectivity index (χ1) is 6.84. The smallest absolute Gasteiger partial charge is 0.177 e. The van der Waals surface area contributed by atoms with Gasteiger partial charge < -0.3 is 4.90 Å². The predicted octanol–water partition coefficient (Wildman–Crippen LogP) is 0.540. The zero-order valence-electron chi connectivity index (χ0n) is 8.35. The van der Waals surface area contributed by atoms with Crippen LogP contribution in [-0.2, 0) is 0 Å². The maximum absolute atomic E-state index is 4.10. The van der Waals surface area contributed by atoms with E-state index in [1.165, 1.54) is 25.7 Å². The van der Waals surface area contributed by atoms with Crippen LogP contribution in [-0.4, -0.2) is 44.7 Å². The van der Waals surface area contributed by atoms with Gasteiger partial charge in [0.05, 0.1) is 0 Å². The van der Waals surface area contributed by atoms with Crippen molar-refractivity contribution < 1.29 is 0 Å². The number of piperidine rings is 1. The Morgan fingerprint density at radius 3 is 2.57 bits per heavy atom. The zero-order valence-corrected chi connectivity index (χ0v) is 8.35. The van der Waals surface area contributed by atoms with E-state index in [-0.39, 0.29) is 0 Å². The molecule has 3 heterocycles. The minimum Gasteiger partial charge on any atom is -0.300 e. The minimum absolute atomic E-state index is 0.530. The fourth-order valence-corrected chi connectivity index (χ4v) is 2.96. The molecule has 3 rings (SSSR count). The highest BCUT2D eigenvalue weighted by atomic mass is 15.5. The van der Waals surface area contributed by atoms with Gasteiger partial charge in [-0.3, -0.25) is 0 Å². The van der Waals surface area contributed by atoms with Gasteiger partial charge in [-0.1, -0.05) is 5.21 Å². The number of hydrogen-bond acceptors (Lipinski definition) is 4. The Balaban J connectivity index is 1.80. The van der Waals surface area contributed by atoms with Gasteiger partial charge in [0.15, 0.2) is 5.82 Å². The van der Waals surface area contributed by atoms with Crippen LogP contribution in [0.5, 0.6) is 0 Å². The van der Waals surface area contributed by atoms with Crippen LogP contribution in [0.1, 0.15) is 37.4 Å². The number of aromatic amines is 1. The molecule has 2 aliphatic rings. The highest BCUT2D eigenvalue weighted by Crippen LogP contribution is 2.40. The quantitative estimate of drug-likeness (QED) is 0.707. The number of aromatic nitrogens is 4. The predicted molar refractivity (Wildman–Crippen MR) is 50.7 cm³/mol. The summed E-state index contributed by atoms with van der Waals surface area (Å²) < 4.78 is 0. The standard InChI is InChI=1S/C9H15N5/c1-14-7-2-3-8(14)5-6(4-7)9-10-12-13-11-9/h6-8H,2-5H2,1H3,(H,10,11,12,13). The van der Waals surface area contributed by atoms with Gasteiger partial charge in [-0.15, -0.1) is 10.2 Å². The molecule has 0 spiro atoms. The average molecular weight is 193 g/mol. The first kappa shape index (κ1) is 8.35. The van der Waals surface area contributed by atoms with Crippen molar-refractivity contribution in [2.24, 2.45) is 0 Å². The molecule has 2 unspecified atom stereocenters. The molecule has 0 radical (unpaired) electrons. The van der Waals surface area contributed by atoms with Gasteiger partial charge in [0.2, 0.25) is 0 Å². The van der Waals surface area contributed by atoms with E-state index in [2.05, 4.69) is 32.6 Å². The van der Waals surface area contributed by atoms with Crippen molar-refractivity contribution in [3.63, 3.8) is 0 Å². The Kier molecular flexibility index (Phi) is 1.80. The molecular weight excluding hydrogens is 178 g/mol. The van der Waals surface area contributed by atoms with Crippen molar-refractivity contribution in [2.45, 2.75) is 43.7 Å². The molecule has 5 nitrogen and oxygen atoms in total. The van der Waals surface area contributed by atoms with Crippen molar-refractivity contribution >= 4 is 0 Å². The SMILES string of the molecule is CN1C2CCC1CC(c1nn[nH]n1)C2. The number of hydrogen-bond donors (Lipinski definition) is 1. The summed E-state index contributed by atoms with van der Waals surface area (Å²) in [6, 6.07) is 1.49. The van der Waals surface area contributed by atoms with Crippen LogP contribution in [0, 0.1) is 0 Å². The lowest BCUT2D eigenvalue weighted by molar-refractivity contribution is 0.159. The van der Waals surface area contributed by atoms with E-state index in [9.17, 15) is 0 Å². The summed E-state index contributed by atoms with van der Waals surface area (Å²) in [6.45, 7) is 0. The molecule has 2 saturated heterocycles. The maximum Gasteiger partial charge on any atom is 0.177 e.